The number of ether oxygens (including phenoxy) is 2. The maximum absolute atomic E-state index is 13.6. The van der Waals surface area contributed by atoms with Gasteiger partial charge in [-0.05, 0) is 33.6 Å². The molecule has 1 atom stereocenters. The average Bonchev–Trinajstić information content (AvgIpc) is 2.98. The van der Waals surface area contributed by atoms with E-state index >= 15 is 0 Å². The number of piperidine rings is 1. The molecule has 0 bridgehead atoms. The number of morpholine rings is 1. The number of nitrogens with zero attached hydrogens (tertiary/aromatic N) is 3. The van der Waals surface area contributed by atoms with Gasteiger partial charge in [0.15, 0.2) is 0 Å². The van der Waals surface area contributed by atoms with E-state index in [1.165, 1.54) is 4.31 Å². The Morgan fingerprint density at radius 2 is 1.80 bits per heavy atom. The molecule has 2 aliphatic rings. The Morgan fingerprint density at radius 1 is 1.13 bits per heavy atom. The zero-order valence-corrected chi connectivity index (χ0v) is 19.0. The van der Waals surface area contributed by atoms with Crippen molar-refractivity contribution in [1.29, 1.82) is 0 Å². The summed E-state index contributed by atoms with van der Waals surface area (Å²) in [7, 11) is -2.24. The van der Waals surface area contributed by atoms with Gasteiger partial charge in [-0.3, -0.25) is 4.79 Å². The highest BCUT2D eigenvalue weighted by atomic mass is 32.2. The summed E-state index contributed by atoms with van der Waals surface area (Å²) in [5.41, 5.74) is 1.11. The van der Waals surface area contributed by atoms with Crippen LogP contribution in [0.15, 0.2) is 4.90 Å². The Labute approximate surface area is 178 Å². The zero-order valence-electron chi connectivity index (χ0n) is 18.1. The number of rotatable bonds is 5. The number of amides is 1. The SMILES string of the molecule is CCOC(=O)c1c(S(=O)(=O)N2CCC[C@H](C(=O)N3CCOCC3)C2)c(C)n(C)c1C. The lowest BCUT2D eigenvalue weighted by Gasteiger charge is -2.35. The lowest BCUT2D eigenvalue weighted by atomic mass is 9.98. The van der Waals surface area contributed by atoms with Crippen molar-refractivity contribution >= 4 is 21.9 Å². The summed E-state index contributed by atoms with van der Waals surface area (Å²) in [6, 6.07) is 0. The van der Waals surface area contributed by atoms with E-state index in [1.807, 2.05) is 0 Å². The fourth-order valence-corrected chi connectivity index (χ4v) is 6.21. The molecule has 2 fully saturated rings. The number of esters is 1. The van der Waals surface area contributed by atoms with Crippen LogP contribution in [-0.4, -0.2) is 80.1 Å². The fourth-order valence-electron chi connectivity index (χ4n) is 4.21. The van der Waals surface area contributed by atoms with Crippen molar-refractivity contribution < 1.29 is 27.5 Å². The second kappa shape index (κ2) is 9.07. The number of carbonyl (C=O) groups excluding carboxylic acids is 2. The van der Waals surface area contributed by atoms with Crippen LogP contribution in [0.5, 0.6) is 0 Å². The van der Waals surface area contributed by atoms with Gasteiger partial charge in [-0.1, -0.05) is 0 Å². The predicted octanol–water partition coefficient (Wildman–Crippen LogP) is 1.08. The first-order chi connectivity index (χ1) is 14.2. The van der Waals surface area contributed by atoms with Crippen molar-refractivity contribution in [3.05, 3.63) is 17.0 Å². The third kappa shape index (κ3) is 4.13. The number of hydrogen-bond acceptors (Lipinski definition) is 6. The van der Waals surface area contributed by atoms with Gasteiger partial charge in [0.05, 0.1) is 25.7 Å². The lowest BCUT2D eigenvalue weighted by molar-refractivity contribution is -0.140. The second-order valence-corrected chi connectivity index (χ2v) is 9.67. The normalized spacial score (nSPS) is 20.9. The molecular weight excluding hydrogens is 410 g/mol. The molecule has 0 N–H and O–H groups in total. The van der Waals surface area contributed by atoms with Gasteiger partial charge >= 0.3 is 5.97 Å². The monoisotopic (exact) mass is 441 g/mol. The predicted molar refractivity (Wildman–Crippen MR) is 110 cm³/mol. The first-order valence-corrected chi connectivity index (χ1v) is 11.8. The summed E-state index contributed by atoms with van der Waals surface area (Å²) in [6.07, 6.45) is 1.25. The van der Waals surface area contributed by atoms with Gasteiger partial charge in [-0.25, -0.2) is 13.2 Å². The smallest absolute Gasteiger partial charge is 0.341 e. The molecule has 2 aliphatic heterocycles. The Balaban J connectivity index is 1.91. The number of aromatic nitrogens is 1. The maximum atomic E-state index is 13.6. The van der Waals surface area contributed by atoms with Crippen molar-refractivity contribution in [3.8, 4) is 0 Å². The van der Waals surface area contributed by atoms with Crippen LogP contribution < -0.4 is 0 Å². The van der Waals surface area contributed by atoms with Gasteiger partial charge in [0.2, 0.25) is 15.9 Å². The molecule has 168 valence electrons. The standard InChI is InChI=1S/C20H31N3O6S/c1-5-29-20(25)17-14(2)21(4)15(3)18(17)30(26,27)23-8-6-7-16(13-23)19(24)22-9-11-28-12-10-22/h16H,5-13H2,1-4H3/t16-/m0/s1. The molecule has 1 aromatic rings. The largest absolute Gasteiger partial charge is 0.462 e. The van der Waals surface area contributed by atoms with Crippen molar-refractivity contribution in [2.24, 2.45) is 13.0 Å². The van der Waals surface area contributed by atoms with Gasteiger partial charge in [-0.2, -0.15) is 4.31 Å². The van der Waals surface area contributed by atoms with Crippen LogP contribution in [0.3, 0.4) is 0 Å². The molecule has 0 unspecified atom stereocenters. The van der Waals surface area contributed by atoms with Crippen LogP contribution in [0, 0.1) is 19.8 Å². The van der Waals surface area contributed by atoms with Crippen molar-refractivity contribution in [2.45, 2.75) is 38.5 Å². The Hall–Kier alpha value is -1.91. The summed E-state index contributed by atoms with van der Waals surface area (Å²) in [5.74, 6) is -1.05. The van der Waals surface area contributed by atoms with E-state index in [2.05, 4.69) is 0 Å². The Bertz CT molecular complexity index is 917. The van der Waals surface area contributed by atoms with E-state index in [0.29, 0.717) is 57.1 Å². The molecule has 0 aromatic carbocycles. The van der Waals surface area contributed by atoms with Gasteiger partial charge in [0.25, 0.3) is 0 Å². The molecule has 1 amide bonds. The van der Waals surface area contributed by atoms with Crippen molar-refractivity contribution in [3.63, 3.8) is 0 Å². The Kier molecular flexibility index (Phi) is 6.88. The highest BCUT2D eigenvalue weighted by Crippen LogP contribution is 2.32. The van der Waals surface area contributed by atoms with Crippen LogP contribution in [0.25, 0.3) is 0 Å². The molecule has 1 aromatic heterocycles. The minimum absolute atomic E-state index is 0.0135. The summed E-state index contributed by atoms with van der Waals surface area (Å²) in [5, 5.41) is 0. The number of sulfonamides is 1. The van der Waals surface area contributed by atoms with Crippen LogP contribution in [-0.2, 0) is 31.3 Å². The summed E-state index contributed by atoms with van der Waals surface area (Å²) in [6.45, 7) is 7.76. The van der Waals surface area contributed by atoms with E-state index in [1.54, 1.807) is 37.3 Å². The molecule has 0 radical (unpaired) electrons. The van der Waals surface area contributed by atoms with Gasteiger partial charge in [0.1, 0.15) is 10.5 Å². The van der Waals surface area contributed by atoms with Gasteiger partial charge in [-0.15, -0.1) is 0 Å². The molecule has 0 spiro atoms. The van der Waals surface area contributed by atoms with E-state index in [9.17, 15) is 18.0 Å². The van der Waals surface area contributed by atoms with Crippen LogP contribution >= 0.6 is 0 Å². The van der Waals surface area contributed by atoms with E-state index in [-0.39, 0.29) is 35.4 Å². The second-order valence-electron chi connectivity index (χ2n) is 7.79. The lowest BCUT2D eigenvalue weighted by Crippen LogP contribution is -2.49. The highest BCUT2D eigenvalue weighted by Gasteiger charge is 2.39. The van der Waals surface area contributed by atoms with E-state index < -0.39 is 16.0 Å². The zero-order chi connectivity index (χ0) is 22.1. The van der Waals surface area contributed by atoms with E-state index in [4.69, 9.17) is 9.47 Å². The third-order valence-corrected chi connectivity index (χ3v) is 8.08. The van der Waals surface area contributed by atoms with Gasteiger partial charge < -0.3 is 18.9 Å². The summed E-state index contributed by atoms with van der Waals surface area (Å²) in [4.78, 5) is 27.2. The quantitative estimate of drug-likeness (QED) is 0.634. The van der Waals surface area contributed by atoms with Crippen molar-refractivity contribution in [2.75, 3.05) is 46.0 Å². The molecule has 3 heterocycles. The Morgan fingerprint density at radius 3 is 2.43 bits per heavy atom. The molecule has 9 nitrogen and oxygen atoms in total. The molecule has 0 aliphatic carbocycles. The highest BCUT2D eigenvalue weighted by molar-refractivity contribution is 7.89. The molecule has 3 rings (SSSR count). The summed E-state index contributed by atoms with van der Waals surface area (Å²) >= 11 is 0. The first-order valence-electron chi connectivity index (χ1n) is 10.4. The van der Waals surface area contributed by atoms with Crippen LogP contribution in [0.4, 0.5) is 0 Å². The molecule has 30 heavy (non-hydrogen) atoms. The van der Waals surface area contributed by atoms with E-state index in [0.717, 1.165) is 0 Å². The topological polar surface area (TPSA) is 98.2 Å². The van der Waals surface area contributed by atoms with Crippen molar-refractivity contribution in [1.82, 2.24) is 13.8 Å². The molecular formula is C20H31N3O6S. The first kappa shape index (κ1) is 22.8. The minimum atomic E-state index is -3.97. The fraction of sp³-hybridized carbons (Fsp3) is 0.700. The number of hydrogen-bond donors (Lipinski definition) is 0. The molecule has 10 heteroatoms. The number of carbonyl (C=O) groups is 2. The summed E-state index contributed by atoms with van der Waals surface area (Å²) < 4.78 is 40.7. The minimum Gasteiger partial charge on any atom is -0.462 e. The maximum Gasteiger partial charge on any atom is 0.341 e. The third-order valence-electron chi connectivity index (χ3n) is 6.06. The molecule has 2 saturated heterocycles. The van der Waals surface area contributed by atoms with Gasteiger partial charge in [0, 0.05) is 44.6 Å². The molecule has 0 saturated carbocycles. The van der Waals surface area contributed by atoms with Crippen LogP contribution in [0.1, 0.15) is 41.5 Å². The van der Waals surface area contributed by atoms with Crippen LogP contribution in [0.2, 0.25) is 0 Å². The average molecular weight is 442 g/mol.